The predicted octanol–water partition coefficient (Wildman–Crippen LogP) is 0.0229. The fraction of sp³-hybridized carbons (Fsp3) is 0.714. The summed E-state index contributed by atoms with van der Waals surface area (Å²) in [6.07, 6.45) is 4.48. The average molecular weight is 170 g/mol. The summed E-state index contributed by atoms with van der Waals surface area (Å²) in [5.74, 6) is 0.317. The zero-order valence-corrected chi connectivity index (χ0v) is 6.98. The van der Waals surface area contributed by atoms with Crippen molar-refractivity contribution in [1.82, 2.24) is 14.8 Å². The first-order chi connectivity index (χ1) is 5.83. The van der Waals surface area contributed by atoms with Gasteiger partial charge in [0.05, 0.1) is 0 Å². The maximum atomic E-state index is 8.51. The molecule has 0 radical (unpaired) electrons. The Hall–Kier alpha value is -1.10. The molecule has 0 atom stereocenters. The standard InChI is InChI=1S/C7H14N4O/c8-7-9-6-11(10-7)4-2-1-3-5-12/h6,12H,1-5H2,(H2,8,10). The van der Waals surface area contributed by atoms with E-state index in [0.29, 0.717) is 5.95 Å². The second kappa shape index (κ2) is 4.71. The molecular formula is C7H14N4O. The summed E-state index contributed by atoms with van der Waals surface area (Å²) in [7, 11) is 0. The fourth-order valence-corrected chi connectivity index (χ4v) is 0.979. The molecule has 1 rings (SSSR count). The lowest BCUT2D eigenvalue weighted by Gasteiger charge is -1.98. The number of aliphatic hydroxyl groups is 1. The summed E-state index contributed by atoms with van der Waals surface area (Å²) in [5.41, 5.74) is 5.33. The Balaban J connectivity index is 2.15. The molecule has 0 unspecified atom stereocenters. The number of anilines is 1. The van der Waals surface area contributed by atoms with Gasteiger partial charge in [-0.3, -0.25) is 4.68 Å². The third-order valence-electron chi connectivity index (χ3n) is 1.60. The smallest absolute Gasteiger partial charge is 0.239 e. The van der Waals surface area contributed by atoms with Crippen molar-refractivity contribution in [3.63, 3.8) is 0 Å². The maximum Gasteiger partial charge on any atom is 0.239 e. The number of hydrogen-bond donors (Lipinski definition) is 2. The molecule has 5 nitrogen and oxygen atoms in total. The highest BCUT2D eigenvalue weighted by molar-refractivity contribution is 5.08. The summed E-state index contributed by atoms with van der Waals surface area (Å²) in [4.78, 5) is 3.80. The second-order valence-electron chi connectivity index (χ2n) is 2.65. The number of unbranched alkanes of at least 4 members (excludes halogenated alkanes) is 2. The summed E-state index contributed by atoms with van der Waals surface area (Å²) < 4.78 is 1.71. The van der Waals surface area contributed by atoms with Gasteiger partial charge in [0, 0.05) is 13.2 Å². The third-order valence-corrected chi connectivity index (χ3v) is 1.60. The first-order valence-electron chi connectivity index (χ1n) is 4.08. The van der Waals surface area contributed by atoms with E-state index in [-0.39, 0.29) is 6.61 Å². The van der Waals surface area contributed by atoms with Gasteiger partial charge >= 0.3 is 0 Å². The molecule has 3 N–H and O–H groups in total. The van der Waals surface area contributed by atoms with Crippen molar-refractivity contribution >= 4 is 5.95 Å². The number of rotatable bonds is 5. The SMILES string of the molecule is Nc1ncn(CCCCCO)n1. The van der Waals surface area contributed by atoms with Gasteiger partial charge in [0.1, 0.15) is 6.33 Å². The number of aromatic nitrogens is 3. The van der Waals surface area contributed by atoms with Crippen LogP contribution in [-0.2, 0) is 6.54 Å². The molecule has 5 heteroatoms. The normalized spacial score (nSPS) is 10.4. The van der Waals surface area contributed by atoms with Gasteiger partial charge < -0.3 is 10.8 Å². The third kappa shape index (κ3) is 2.87. The van der Waals surface area contributed by atoms with E-state index in [9.17, 15) is 0 Å². The Kier molecular flexibility index (Phi) is 3.53. The number of nitrogens with zero attached hydrogens (tertiary/aromatic N) is 3. The monoisotopic (exact) mass is 170 g/mol. The fourth-order valence-electron chi connectivity index (χ4n) is 0.979. The molecule has 0 saturated carbocycles. The molecule has 0 aliphatic carbocycles. The highest BCUT2D eigenvalue weighted by Crippen LogP contribution is 1.98. The first-order valence-corrected chi connectivity index (χ1v) is 4.08. The van der Waals surface area contributed by atoms with E-state index in [1.807, 2.05) is 0 Å². The number of aliphatic hydroxyl groups excluding tert-OH is 1. The molecule has 0 amide bonds. The van der Waals surface area contributed by atoms with Crippen molar-refractivity contribution in [3.05, 3.63) is 6.33 Å². The van der Waals surface area contributed by atoms with Crippen molar-refractivity contribution in [3.8, 4) is 0 Å². The average Bonchev–Trinajstić information content (AvgIpc) is 2.45. The Morgan fingerprint density at radius 2 is 2.25 bits per heavy atom. The molecule has 0 fully saturated rings. The molecular weight excluding hydrogens is 156 g/mol. The van der Waals surface area contributed by atoms with E-state index in [1.165, 1.54) is 0 Å². The predicted molar refractivity (Wildman–Crippen MR) is 45.4 cm³/mol. The minimum atomic E-state index is 0.263. The molecule has 68 valence electrons. The van der Waals surface area contributed by atoms with Crippen LogP contribution in [0.3, 0.4) is 0 Å². The van der Waals surface area contributed by atoms with Gasteiger partial charge in [-0.15, -0.1) is 5.10 Å². The summed E-state index contributed by atoms with van der Waals surface area (Å²) in [6, 6.07) is 0. The Morgan fingerprint density at radius 1 is 1.42 bits per heavy atom. The van der Waals surface area contributed by atoms with Crippen LogP contribution in [0.1, 0.15) is 19.3 Å². The molecule has 0 bridgehead atoms. The van der Waals surface area contributed by atoms with Gasteiger partial charge in [0.15, 0.2) is 0 Å². The van der Waals surface area contributed by atoms with Crippen LogP contribution in [0.25, 0.3) is 0 Å². The van der Waals surface area contributed by atoms with E-state index in [1.54, 1.807) is 11.0 Å². The lowest BCUT2D eigenvalue weighted by atomic mass is 10.2. The van der Waals surface area contributed by atoms with Crippen molar-refractivity contribution in [2.45, 2.75) is 25.8 Å². The van der Waals surface area contributed by atoms with Crippen LogP contribution in [0.5, 0.6) is 0 Å². The van der Waals surface area contributed by atoms with Gasteiger partial charge in [0.25, 0.3) is 0 Å². The van der Waals surface area contributed by atoms with Crippen molar-refractivity contribution < 1.29 is 5.11 Å². The van der Waals surface area contributed by atoms with Crippen molar-refractivity contribution in [2.24, 2.45) is 0 Å². The van der Waals surface area contributed by atoms with Gasteiger partial charge in [-0.1, -0.05) is 0 Å². The van der Waals surface area contributed by atoms with Gasteiger partial charge in [-0.05, 0) is 19.3 Å². The second-order valence-corrected chi connectivity index (χ2v) is 2.65. The van der Waals surface area contributed by atoms with E-state index in [2.05, 4.69) is 10.1 Å². The van der Waals surface area contributed by atoms with Crippen LogP contribution < -0.4 is 5.73 Å². The molecule has 1 aromatic rings. The zero-order valence-electron chi connectivity index (χ0n) is 6.98. The van der Waals surface area contributed by atoms with Gasteiger partial charge in [-0.2, -0.15) is 0 Å². The topological polar surface area (TPSA) is 77.0 Å². The molecule has 12 heavy (non-hydrogen) atoms. The first kappa shape index (κ1) is 8.99. The maximum absolute atomic E-state index is 8.51. The Bertz CT molecular complexity index is 223. The highest BCUT2D eigenvalue weighted by atomic mass is 16.2. The molecule has 1 heterocycles. The molecule has 1 aromatic heterocycles. The number of nitrogens with two attached hydrogens (primary N) is 1. The number of aryl methyl sites for hydroxylation is 1. The van der Waals surface area contributed by atoms with Gasteiger partial charge in [-0.25, -0.2) is 4.98 Å². The quantitative estimate of drug-likeness (QED) is 0.611. The van der Waals surface area contributed by atoms with Crippen molar-refractivity contribution in [2.75, 3.05) is 12.3 Å². The summed E-state index contributed by atoms with van der Waals surface area (Å²) in [5, 5.41) is 12.4. The minimum Gasteiger partial charge on any atom is -0.396 e. The summed E-state index contributed by atoms with van der Waals surface area (Å²) in [6.45, 7) is 1.09. The lowest BCUT2D eigenvalue weighted by Crippen LogP contribution is -1.99. The van der Waals surface area contributed by atoms with E-state index >= 15 is 0 Å². The van der Waals surface area contributed by atoms with Crippen LogP contribution in [0.4, 0.5) is 5.95 Å². The number of hydrogen-bond acceptors (Lipinski definition) is 4. The Labute approximate surface area is 71.2 Å². The lowest BCUT2D eigenvalue weighted by molar-refractivity contribution is 0.281. The molecule has 0 aliphatic heterocycles. The molecule has 0 aromatic carbocycles. The highest BCUT2D eigenvalue weighted by Gasteiger charge is 1.94. The number of nitrogen functional groups attached to an aromatic ring is 1. The largest absolute Gasteiger partial charge is 0.396 e. The van der Waals surface area contributed by atoms with Crippen LogP contribution in [0.2, 0.25) is 0 Å². The molecule has 0 aliphatic rings. The van der Waals surface area contributed by atoms with Crippen LogP contribution >= 0.6 is 0 Å². The zero-order chi connectivity index (χ0) is 8.81. The van der Waals surface area contributed by atoms with E-state index < -0.39 is 0 Å². The van der Waals surface area contributed by atoms with E-state index in [0.717, 1.165) is 25.8 Å². The van der Waals surface area contributed by atoms with Gasteiger partial charge in [0.2, 0.25) is 5.95 Å². The minimum absolute atomic E-state index is 0.263. The van der Waals surface area contributed by atoms with Crippen LogP contribution in [-0.4, -0.2) is 26.5 Å². The van der Waals surface area contributed by atoms with Crippen LogP contribution in [0.15, 0.2) is 6.33 Å². The summed E-state index contributed by atoms with van der Waals surface area (Å²) >= 11 is 0. The Morgan fingerprint density at radius 3 is 2.83 bits per heavy atom. The molecule has 0 spiro atoms. The van der Waals surface area contributed by atoms with Crippen molar-refractivity contribution in [1.29, 1.82) is 0 Å². The molecule has 0 saturated heterocycles. The van der Waals surface area contributed by atoms with Crippen LogP contribution in [0, 0.1) is 0 Å². The van der Waals surface area contributed by atoms with E-state index in [4.69, 9.17) is 10.8 Å².